The Bertz CT molecular complexity index is 663. The van der Waals surface area contributed by atoms with Crippen molar-refractivity contribution in [3.8, 4) is 5.75 Å². The van der Waals surface area contributed by atoms with Crippen LogP contribution in [0.1, 0.15) is 28.0 Å². The van der Waals surface area contributed by atoms with E-state index in [4.69, 9.17) is 4.74 Å². The van der Waals surface area contributed by atoms with Crippen molar-refractivity contribution in [3.05, 3.63) is 47.3 Å². The van der Waals surface area contributed by atoms with Gasteiger partial charge in [-0.2, -0.15) is 5.10 Å². The molecular weight excluding hydrogens is 266 g/mol. The summed E-state index contributed by atoms with van der Waals surface area (Å²) in [6.45, 7) is 1.37. The second-order valence-corrected chi connectivity index (χ2v) is 5.27. The van der Waals surface area contributed by atoms with E-state index in [9.17, 15) is 4.79 Å². The second-order valence-electron chi connectivity index (χ2n) is 5.27. The molecule has 1 amide bonds. The van der Waals surface area contributed by atoms with E-state index in [0.717, 1.165) is 24.9 Å². The van der Waals surface area contributed by atoms with Gasteiger partial charge in [-0.15, -0.1) is 0 Å². The van der Waals surface area contributed by atoms with Gasteiger partial charge in [-0.25, -0.2) is 0 Å². The smallest absolute Gasteiger partial charge is 0.257 e. The highest BCUT2D eigenvalue weighted by Gasteiger charge is 2.23. The van der Waals surface area contributed by atoms with Crippen LogP contribution in [0.5, 0.6) is 5.75 Å². The normalized spacial score (nSPS) is 14.5. The van der Waals surface area contributed by atoms with E-state index in [2.05, 4.69) is 5.10 Å². The lowest BCUT2D eigenvalue weighted by molar-refractivity contribution is 0.0742. The van der Waals surface area contributed by atoms with Gasteiger partial charge in [-0.05, 0) is 25.0 Å². The van der Waals surface area contributed by atoms with Gasteiger partial charge in [0.15, 0.2) is 0 Å². The number of para-hydroxylation sites is 1. The number of nitrogens with zero attached hydrogens (tertiary/aromatic N) is 3. The number of aryl methyl sites for hydroxylation is 1. The Morgan fingerprint density at radius 3 is 2.95 bits per heavy atom. The average molecular weight is 285 g/mol. The number of hydrogen-bond donors (Lipinski definition) is 0. The maximum atomic E-state index is 12.8. The Balaban J connectivity index is 1.88. The molecule has 0 N–H and O–H groups in total. The Kier molecular flexibility index (Phi) is 3.64. The molecule has 5 nitrogen and oxygen atoms in total. The van der Waals surface area contributed by atoms with Crippen LogP contribution in [0.15, 0.2) is 30.5 Å². The Morgan fingerprint density at radius 1 is 1.33 bits per heavy atom. The summed E-state index contributed by atoms with van der Waals surface area (Å²) in [4.78, 5) is 14.6. The SMILES string of the molecule is COc1ccccc1C(=O)N1CCCc2c(cnn2C)C1. The zero-order valence-electron chi connectivity index (χ0n) is 12.4. The van der Waals surface area contributed by atoms with Crippen LogP contribution in [0.2, 0.25) is 0 Å². The number of carbonyl (C=O) groups is 1. The number of methoxy groups -OCH3 is 1. The average Bonchev–Trinajstić information content (AvgIpc) is 2.75. The molecular formula is C16H19N3O2. The predicted octanol–water partition coefficient (Wildman–Crippen LogP) is 2.02. The zero-order valence-corrected chi connectivity index (χ0v) is 12.4. The van der Waals surface area contributed by atoms with Crippen LogP contribution < -0.4 is 4.74 Å². The number of rotatable bonds is 2. The number of ether oxygens (including phenoxy) is 1. The number of aromatic nitrogens is 2. The first-order valence-electron chi connectivity index (χ1n) is 7.12. The molecule has 3 rings (SSSR count). The molecule has 0 atom stereocenters. The molecule has 0 saturated carbocycles. The third-order valence-corrected chi connectivity index (χ3v) is 3.98. The highest BCUT2D eigenvalue weighted by molar-refractivity contribution is 5.97. The lowest BCUT2D eigenvalue weighted by Crippen LogP contribution is -2.30. The van der Waals surface area contributed by atoms with E-state index in [1.807, 2.05) is 47.1 Å². The summed E-state index contributed by atoms with van der Waals surface area (Å²) in [5.74, 6) is 0.641. The van der Waals surface area contributed by atoms with Crippen LogP contribution in [0.3, 0.4) is 0 Å². The summed E-state index contributed by atoms with van der Waals surface area (Å²) in [7, 11) is 3.55. The fraction of sp³-hybridized carbons (Fsp3) is 0.375. The molecule has 0 bridgehead atoms. The predicted molar refractivity (Wildman–Crippen MR) is 79.3 cm³/mol. The van der Waals surface area contributed by atoms with Crippen LogP contribution in [0.25, 0.3) is 0 Å². The molecule has 1 aliphatic heterocycles. The minimum atomic E-state index is 0.0177. The molecule has 1 aliphatic rings. The van der Waals surface area contributed by atoms with Crippen molar-refractivity contribution in [3.63, 3.8) is 0 Å². The first-order chi connectivity index (χ1) is 10.2. The first kappa shape index (κ1) is 13.7. The molecule has 21 heavy (non-hydrogen) atoms. The highest BCUT2D eigenvalue weighted by atomic mass is 16.5. The van der Waals surface area contributed by atoms with Gasteiger partial charge in [0.25, 0.3) is 5.91 Å². The van der Waals surface area contributed by atoms with Crippen LogP contribution in [0, 0.1) is 0 Å². The molecule has 0 aliphatic carbocycles. The van der Waals surface area contributed by atoms with E-state index in [1.165, 1.54) is 5.69 Å². The molecule has 0 unspecified atom stereocenters. The number of benzene rings is 1. The zero-order chi connectivity index (χ0) is 14.8. The molecule has 2 heterocycles. The number of carbonyl (C=O) groups excluding carboxylic acids is 1. The van der Waals surface area contributed by atoms with E-state index >= 15 is 0 Å². The third-order valence-electron chi connectivity index (χ3n) is 3.98. The number of fused-ring (bicyclic) bond motifs is 1. The summed E-state index contributed by atoms with van der Waals surface area (Å²) in [5.41, 5.74) is 2.98. The van der Waals surface area contributed by atoms with Gasteiger partial charge in [0.1, 0.15) is 5.75 Å². The number of amides is 1. The van der Waals surface area contributed by atoms with Gasteiger partial charge in [-0.1, -0.05) is 12.1 Å². The van der Waals surface area contributed by atoms with E-state index in [-0.39, 0.29) is 5.91 Å². The summed E-state index contributed by atoms with van der Waals surface area (Å²) in [6.07, 6.45) is 3.78. The van der Waals surface area contributed by atoms with Crippen LogP contribution in [0.4, 0.5) is 0 Å². The van der Waals surface area contributed by atoms with E-state index in [1.54, 1.807) is 7.11 Å². The van der Waals surface area contributed by atoms with Crippen molar-refractivity contribution in [2.45, 2.75) is 19.4 Å². The largest absolute Gasteiger partial charge is 0.496 e. The minimum absolute atomic E-state index is 0.0177. The fourth-order valence-corrected chi connectivity index (χ4v) is 2.85. The summed E-state index contributed by atoms with van der Waals surface area (Å²) < 4.78 is 7.21. The van der Waals surface area contributed by atoms with Crippen molar-refractivity contribution in [1.29, 1.82) is 0 Å². The van der Waals surface area contributed by atoms with Crippen LogP contribution in [-0.2, 0) is 20.0 Å². The first-order valence-corrected chi connectivity index (χ1v) is 7.12. The Morgan fingerprint density at radius 2 is 2.14 bits per heavy atom. The monoisotopic (exact) mass is 285 g/mol. The van der Waals surface area contributed by atoms with Gasteiger partial charge >= 0.3 is 0 Å². The van der Waals surface area contributed by atoms with Crippen LogP contribution >= 0.6 is 0 Å². The topological polar surface area (TPSA) is 47.4 Å². The minimum Gasteiger partial charge on any atom is -0.496 e. The van der Waals surface area contributed by atoms with E-state index < -0.39 is 0 Å². The maximum Gasteiger partial charge on any atom is 0.257 e. The highest BCUT2D eigenvalue weighted by Crippen LogP contribution is 2.23. The summed E-state index contributed by atoms with van der Waals surface area (Å²) >= 11 is 0. The lowest BCUT2D eigenvalue weighted by atomic mass is 10.1. The molecule has 0 fully saturated rings. The molecule has 5 heteroatoms. The molecule has 0 spiro atoms. The molecule has 0 radical (unpaired) electrons. The van der Waals surface area contributed by atoms with Crippen molar-refractivity contribution in [1.82, 2.24) is 14.7 Å². The van der Waals surface area contributed by atoms with Gasteiger partial charge in [0.05, 0.1) is 18.9 Å². The van der Waals surface area contributed by atoms with Gasteiger partial charge in [-0.3, -0.25) is 9.48 Å². The second kappa shape index (κ2) is 5.60. The van der Waals surface area contributed by atoms with E-state index in [0.29, 0.717) is 17.9 Å². The maximum absolute atomic E-state index is 12.8. The van der Waals surface area contributed by atoms with Crippen molar-refractivity contribution < 1.29 is 9.53 Å². The Hall–Kier alpha value is -2.30. The van der Waals surface area contributed by atoms with Crippen molar-refractivity contribution in [2.75, 3.05) is 13.7 Å². The standard InChI is InChI=1S/C16H19N3O2/c1-18-14-7-5-9-19(11-12(14)10-17-18)16(20)13-6-3-4-8-15(13)21-2/h3-4,6,8,10H,5,7,9,11H2,1-2H3. The molecule has 1 aromatic carbocycles. The Labute approximate surface area is 124 Å². The summed E-state index contributed by atoms with van der Waals surface area (Å²) in [6, 6.07) is 7.37. The molecule has 1 aromatic heterocycles. The molecule has 0 saturated heterocycles. The van der Waals surface area contributed by atoms with Gasteiger partial charge < -0.3 is 9.64 Å². The quantitative estimate of drug-likeness (QED) is 0.848. The summed E-state index contributed by atoms with van der Waals surface area (Å²) in [5, 5.41) is 4.29. The fourth-order valence-electron chi connectivity index (χ4n) is 2.85. The van der Waals surface area contributed by atoms with Crippen molar-refractivity contribution >= 4 is 5.91 Å². The van der Waals surface area contributed by atoms with Crippen LogP contribution in [-0.4, -0.2) is 34.2 Å². The lowest BCUT2D eigenvalue weighted by Gasteiger charge is -2.21. The molecule has 2 aromatic rings. The third kappa shape index (κ3) is 2.51. The number of hydrogen-bond acceptors (Lipinski definition) is 3. The molecule has 110 valence electrons. The van der Waals surface area contributed by atoms with Crippen molar-refractivity contribution in [2.24, 2.45) is 7.05 Å². The van der Waals surface area contributed by atoms with Gasteiger partial charge in [0, 0.05) is 31.4 Å². The van der Waals surface area contributed by atoms with Gasteiger partial charge in [0.2, 0.25) is 0 Å².